The molecule has 0 radical (unpaired) electrons. The summed E-state index contributed by atoms with van der Waals surface area (Å²) in [6.07, 6.45) is 5.36. The first kappa shape index (κ1) is 33.1. The van der Waals surface area contributed by atoms with E-state index in [9.17, 15) is 0 Å². The monoisotopic (exact) mass is 418 g/mol. The van der Waals surface area contributed by atoms with E-state index in [1.54, 1.807) is 0 Å². The van der Waals surface area contributed by atoms with Crippen LogP contribution in [0.25, 0.3) is 0 Å². The van der Waals surface area contributed by atoms with Crippen LogP contribution >= 0.6 is 0 Å². The van der Waals surface area contributed by atoms with Gasteiger partial charge in [-0.15, -0.1) is 0 Å². The van der Waals surface area contributed by atoms with Crippen molar-refractivity contribution < 1.29 is 0 Å². The maximum atomic E-state index is 8.22. The van der Waals surface area contributed by atoms with Crippen molar-refractivity contribution in [2.24, 2.45) is 11.8 Å². The summed E-state index contributed by atoms with van der Waals surface area (Å²) in [6.45, 7) is 28.4. The van der Waals surface area contributed by atoms with Crippen LogP contribution in [0.3, 0.4) is 0 Å². The zero-order chi connectivity index (χ0) is 24.1. The molecule has 0 spiro atoms. The third-order valence-electron chi connectivity index (χ3n) is 4.74. The van der Waals surface area contributed by atoms with Gasteiger partial charge in [0.1, 0.15) is 0 Å². The SMILES string of the molecule is C=C(CC)C(C)CN(C(=N)CC)c1ccc(CC)cc1.CC.CCC.CCC(C)C. The van der Waals surface area contributed by atoms with Crippen molar-refractivity contribution in [2.75, 3.05) is 11.4 Å². The molecule has 0 bridgehead atoms. The van der Waals surface area contributed by atoms with Crippen molar-refractivity contribution in [3.05, 3.63) is 42.0 Å². The summed E-state index contributed by atoms with van der Waals surface area (Å²) in [5.74, 6) is 1.96. The van der Waals surface area contributed by atoms with Gasteiger partial charge in [-0.3, -0.25) is 5.41 Å². The topological polar surface area (TPSA) is 27.1 Å². The van der Waals surface area contributed by atoms with Crippen LogP contribution in [0.15, 0.2) is 36.4 Å². The van der Waals surface area contributed by atoms with Gasteiger partial charge in [0.2, 0.25) is 0 Å². The van der Waals surface area contributed by atoms with Gasteiger partial charge in [-0.25, -0.2) is 0 Å². The predicted octanol–water partition coefficient (Wildman–Crippen LogP) is 9.54. The lowest BCUT2D eigenvalue weighted by Gasteiger charge is -2.29. The molecule has 0 amide bonds. The molecule has 0 fully saturated rings. The fourth-order valence-electron chi connectivity index (χ4n) is 2.23. The first-order valence-corrected chi connectivity index (χ1v) is 12.3. The second-order valence-electron chi connectivity index (χ2n) is 7.85. The van der Waals surface area contributed by atoms with Crippen LogP contribution in [0, 0.1) is 17.2 Å². The Labute approximate surface area is 190 Å². The van der Waals surface area contributed by atoms with E-state index in [4.69, 9.17) is 5.41 Å². The van der Waals surface area contributed by atoms with Gasteiger partial charge in [0.25, 0.3) is 0 Å². The van der Waals surface area contributed by atoms with Crippen LogP contribution in [0.4, 0.5) is 5.69 Å². The highest BCUT2D eigenvalue weighted by atomic mass is 15.2. The van der Waals surface area contributed by atoms with Crippen molar-refractivity contribution in [3.8, 4) is 0 Å². The van der Waals surface area contributed by atoms with Crippen LogP contribution in [0.5, 0.6) is 0 Å². The number of aryl methyl sites for hydroxylation is 1. The van der Waals surface area contributed by atoms with Gasteiger partial charge in [-0.1, -0.05) is 113 Å². The molecule has 0 saturated carbocycles. The lowest BCUT2D eigenvalue weighted by Crippen LogP contribution is -2.34. The lowest BCUT2D eigenvalue weighted by atomic mass is 9.99. The number of hydrogen-bond donors (Lipinski definition) is 1. The Hall–Kier alpha value is -1.57. The van der Waals surface area contributed by atoms with Crippen molar-refractivity contribution in [1.82, 2.24) is 0 Å². The Balaban J connectivity index is -0.000000613. The van der Waals surface area contributed by atoms with Crippen molar-refractivity contribution in [1.29, 1.82) is 5.41 Å². The molecule has 176 valence electrons. The molecule has 1 atom stereocenters. The van der Waals surface area contributed by atoms with Crippen molar-refractivity contribution >= 4 is 11.5 Å². The fourth-order valence-corrected chi connectivity index (χ4v) is 2.23. The van der Waals surface area contributed by atoms with E-state index in [2.05, 4.69) is 91.1 Å². The summed E-state index contributed by atoms with van der Waals surface area (Å²) in [6, 6.07) is 8.57. The number of anilines is 1. The van der Waals surface area contributed by atoms with Gasteiger partial charge < -0.3 is 4.90 Å². The van der Waals surface area contributed by atoms with Gasteiger partial charge in [-0.05, 0) is 42.4 Å². The first-order valence-electron chi connectivity index (χ1n) is 12.3. The zero-order valence-electron chi connectivity index (χ0n) is 22.4. The minimum absolute atomic E-state index is 0.401. The van der Waals surface area contributed by atoms with Gasteiger partial charge in [0.05, 0.1) is 5.84 Å². The van der Waals surface area contributed by atoms with E-state index in [1.165, 1.54) is 24.0 Å². The Morgan fingerprint density at radius 2 is 1.33 bits per heavy atom. The van der Waals surface area contributed by atoms with E-state index in [1.807, 2.05) is 20.8 Å². The Bertz CT molecular complexity index is 514. The Morgan fingerprint density at radius 3 is 1.63 bits per heavy atom. The molecule has 2 heteroatoms. The van der Waals surface area contributed by atoms with Crippen LogP contribution in [-0.2, 0) is 6.42 Å². The summed E-state index contributed by atoms with van der Waals surface area (Å²) in [4.78, 5) is 2.12. The highest BCUT2D eigenvalue weighted by Crippen LogP contribution is 2.21. The molecule has 0 heterocycles. The van der Waals surface area contributed by atoms with E-state index in [-0.39, 0.29) is 0 Å². The summed E-state index contributed by atoms with van der Waals surface area (Å²) in [7, 11) is 0. The highest BCUT2D eigenvalue weighted by molar-refractivity contribution is 5.95. The molecule has 0 aliphatic rings. The lowest BCUT2D eigenvalue weighted by molar-refractivity contribution is 0.626. The number of rotatable bonds is 8. The van der Waals surface area contributed by atoms with Gasteiger partial charge in [-0.2, -0.15) is 0 Å². The molecule has 1 aromatic rings. The molecule has 0 aliphatic heterocycles. The van der Waals surface area contributed by atoms with Gasteiger partial charge >= 0.3 is 0 Å². The van der Waals surface area contributed by atoms with E-state index < -0.39 is 0 Å². The molecule has 1 aromatic carbocycles. The molecule has 0 aromatic heterocycles. The molecule has 0 saturated heterocycles. The quantitative estimate of drug-likeness (QED) is 0.254. The van der Waals surface area contributed by atoms with Crippen LogP contribution in [0.2, 0.25) is 0 Å². The summed E-state index contributed by atoms with van der Waals surface area (Å²) in [5.41, 5.74) is 3.71. The number of hydrogen-bond acceptors (Lipinski definition) is 1. The Kier molecular flexibility index (Phi) is 24.4. The smallest absolute Gasteiger partial charge is 0.1000 e. The molecular weight excluding hydrogens is 364 g/mol. The van der Waals surface area contributed by atoms with E-state index in [0.717, 1.165) is 37.4 Å². The molecule has 30 heavy (non-hydrogen) atoms. The Morgan fingerprint density at radius 1 is 0.900 bits per heavy atom. The molecule has 0 aliphatic carbocycles. The molecule has 1 N–H and O–H groups in total. The number of nitrogens with one attached hydrogen (secondary N) is 1. The maximum absolute atomic E-state index is 8.22. The van der Waals surface area contributed by atoms with E-state index >= 15 is 0 Å². The van der Waals surface area contributed by atoms with Crippen molar-refractivity contribution in [2.45, 2.75) is 108 Å². The first-order chi connectivity index (χ1) is 14.2. The number of benzene rings is 1. The molecule has 2 nitrogen and oxygen atoms in total. The maximum Gasteiger partial charge on any atom is 0.1000 e. The second kappa shape index (κ2) is 22.1. The molecular formula is C28H54N2. The summed E-state index contributed by atoms with van der Waals surface area (Å²) in [5, 5.41) is 8.22. The molecule has 1 unspecified atom stereocenters. The molecule has 1 rings (SSSR count). The van der Waals surface area contributed by atoms with Crippen LogP contribution in [-0.4, -0.2) is 12.4 Å². The standard InChI is InChI=1S/C18H28N2.C5H12.C3H8.C2H6/c1-6-14(4)15(5)13-20(18(19)8-3)17-11-9-16(7-2)10-12-17;1-4-5(2)3;1-3-2;1-2/h9-12,15,19H,4,6-8,13H2,1-3,5H3;5H,4H2,1-3H3;3H2,1-2H3;1-2H3. The van der Waals surface area contributed by atoms with Crippen LogP contribution in [0.1, 0.15) is 107 Å². The third-order valence-corrected chi connectivity index (χ3v) is 4.74. The number of nitrogens with zero attached hydrogens (tertiary/aromatic N) is 1. The summed E-state index contributed by atoms with van der Waals surface area (Å²) < 4.78 is 0. The fraction of sp³-hybridized carbons (Fsp3) is 0.679. The number of amidine groups is 1. The minimum Gasteiger partial charge on any atom is -0.330 e. The highest BCUT2D eigenvalue weighted by Gasteiger charge is 2.15. The second-order valence-corrected chi connectivity index (χ2v) is 7.85. The van der Waals surface area contributed by atoms with Crippen LogP contribution < -0.4 is 4.90 Å². The summed E-state index contributed by atoms with van der Waals surface area (Å²) >= 11 is 0. The van der Waals surface area contributed by atoms with E-state index in [0.29, 0.717) is 11.8 Å². The van der Waals surface area contributed by atoms with Gasteiger partial charge in [0.15, 0.2) is 0 Å². The van der Waals surface area contributed by atoms with Crippen molar-refractivity contribution in [3.63, 3.8) is 0 Å². The third kappa shape index (κ3) is 16.3. The zero-order valence-corrected chi connectivity index (χ0v) is 22.4. The normalized spacial score (nSPS) is 10.4. The predicted molar refractivity (Wildman–Crippen MR) is 142 cm³/mol. The minimum atomic E-state index is 0.401. The van der Waals surface area contributed by atoms with Gasteiger partial charge in [0, 0.05) is 18.7 Å². The average molecular weight is 419 g/mol. The largest absolute Gasteiger partial charge is 0.330 e. The average Bonchev–Trinajstić information content (AvgIpc) is 2.78.